The second kappa shape index (κ2) is 9.64. The fourth-order valence-electron chi connectivity index (χ4n) is 4.11. The maximum atomic E-state index is 12.8. The zero-order chi connectivity index (χ0) is 23.5. The van der Waals surface area contributed by atoms with Crippen molar-refractivity contribution in [2.45, 2.75) is 32.8 Å². The maximum Gasteiger partial charge on any atom is 0.252 e. The van der Waals surface area contributed by atoms with Gasteiger partial charge in [-0.15, -0.1) is 0 Å². The number of carbonyl (C=O) groups is 1. The largest absolute Gasteiger partial charge is 0.488 e. The number of benzene rings is 2. The van der Waals surface area contributed by atoms with E-state index in [9.17, 15) is 4.79 Å². The lowest BCUT2D eigenvalue weighted by molar-refractivity contribution is 0.0950. The first-order chi connectivity index (χ1) is 16.6. The molecule has 9 nitrogen and oxygen atoms in total. The Hall–Kier alpha value is -3.72. The van der Waals surface area contributed by atoms with Gasteiger partial charge in [-0.05, 0) is 50.0 Å². The Morgan fingerprint density at radius 1 is 1.21 bits per heavy atom. The SMILES string of the molecule is CC(C)CNC(=O)c1cc(Nc2ncc3cccc(OC4CCNCC4)c3n2)cc2[nH]ncc12. The molecule has 3 heterocycles. The zero-order valence-corrected chi connectivity index (χ0v) is 19.4. The van der Waals surface area contributed by atoms with E-state index in [0.29, 0.717) is 29.7 Å². The Morgan fingerprint density at radius 3 is 2.88 bits per heavy atom. The highest BCUT2D eigenvalue weighted by molar-refractivity contribution is 6.07. The molecule has 1 aliphatic rings. The number of hydrogen-bond donors (Lipinski definition) is 4. The van der Waals surface area contributed by atoms with Gasteiger partial charge in [0.25, 0.3) is 5.91 Å². The van der Waals surface area contributed by atoms with Crippen molar-refractivity contribution in [2.75, 3.05) is 25.0 Å². The van der Waals surface area contributed by atoms with E-state index in [1.54, 1.807) is 18.5 Å². The second-order valence-corrected chi connectivity index (χ2v) is 9.04. The zero-order valence-electron chi connectivity index (χ0n) is 19.4. The van der Waals surface area contributed by atoms with E-state index in [1.807, 2.05) is 24.3 Å². The number of H-pyrrole nitrogens is 1. The van der Waals surface area contributed by atoms with Crippen LogP contribution >= 0.6 is 0 Å². The van der Waals surface area contributed by atoms with Gasteiger partial charge in [-0.2, -0.15) is 5.10 Å². The predicted octanol–water partition coefficient (Wildman–Crippen LogP) is 3.77. The summed E-state index contributed by atoms with van der Waals surface area (Å²) in [6, 6.07) is 9.59. The first-order valence-corrected chi connectivity index (χ1v) is 11.7. The van der Waals surface area contributed by atoms with E-state index in [2.05, 4.69) is 45.0 Å². The molecule has 1 aliphatic heterocycles. The quantitative estimate of drug-likeness (QED) is 0.332. The van der Waals surface area contributed by atoms with E-state index in [1.165, 1.54) is 0 Å². The van der Waals surface area contributed by atoms with Gasteiger partial charge < -0.3 is 20.7 Å². The number of nitrogens with one attached hydrogen (secondary N) is 4. The molecule has 34 heavy (non-hydrogen) atoms. The summed E-state index contributed by atoms with van der Waals surface area (Å²) in [5, 5.41) is 18.3. The summed E-state index contributed by atoms with van der Waals surface area (Å²) < 4.78 is 6.29. The van der Waals surface area contributed by atoms with Crippen LogP contribution < -0.4 is 20.7 Å². The number of piperidine rings is 1. The summed E-state index contributed by atoms with van der Waals surface area (Å²) in [6.07, 6.45) is 5.56. The number of anilines is 2. The molecule has 0 spiro atoms. The molecule has 5 rings (SSSR count). The molecule has 9 heteroatoms. The Kier molecular flexibility index (Phi) is 6.27. The summed E-state index contributed by atoms with van der Waals surface area (Å²) >= 11 is 0. The molecular formula is C25H29N7O2. The summed E-state index contributed by atoms with van der Waals surface area (Å²) in [4.78, 5) is 22.1. The molecule has 176 valence electrons. The van der Waals surface area contributed by atoms with Gasteiger partial charge in [0, 0.05) is 29.2 Å². The Labute approximate surface area is 197 Å². The number of hydrogen-bond acceptors (Lipinski definition) is 7. The fourth-order valence-corrected chi connectivity index (χ4v) is 4.11. The van der Waals surface area contributed by atoms with Crippen molar-refractivity contribution in [3.8, 4) is 5.75 Å². The molecule has 4 N–H and O–H groups in total. The number of carbonyl (C=O) groups excluding carboxylic acids is 1. The van der Waals surface area contributed by atoms with Crippen LogP contribution in [0.5, 0.6) is 5.75 Å². The predicted molar refractivity (Wildman–Crippen MR) is 133 cm³/mol. The van der Waals surface area contributed by atoms with Gasteiger partial charge in [0.15, 0.2) is 0 Å². The standard InChI is InChI=1S/C25H29N7O2/c1-15(2)12-27-24(33)19-10-17(11-21-20(19)14-29-32-21)30-25-28-13-16-4-3-5-22(23(16)31-25)34-18-6-8-26-9-7-18/h3-5,10-11,13-15,18,26H,6-9,12H2,1-2H3,(H,27,33)(H,29,32)(H,28,30,31). The number of rotatable bonds is 7. The van der Waals surface area contributed by atoms with Gasteiger partial charge in [-0.1, -0.05) is 26.0 Å². The number of fused-ring (bicyclic) bond motifs is 2. The number of aromatic nitrogens is 4. The first-order valence-electron chi connectivity index (χ1n) is 11.7. The lowest BCUT2D eigenvalue weighted by atomic mass is 10.1. The van der Waals surface area contributed by atoms with E-state index in [0.717, 1.165) is 53.5 Å². The molecule has 1 amide bonds. The Balaban J connectivity index is 1.44. The minimum atomic E-state index is -0.138. The van der Waals surface area contributed by atoms with Gasteiger partial charge in [-0.3, -0.25) is 9.89 Å². The number of aromatic amines is 1. The third kappa shape index (κ3) is 4.79. The normalized spacial score (nSPS) is 14.6. The molecule has 0 saturated carbocycles. The minimum Gasteiger partial charge on any atom is -0.488 e. The van der Waals surface area contributed by atoms with Crippen molar-refractivity contribution in [1.29, 1.82) is 0 Å². The van der Waals surface area contributed by atoms with E-state index >= 15 is 0 Å². The van der Waals surface area contributed by atoms with Gasteiger partial charge in [0.1, 0.15) is 17.4 Å². The number of para-hydroxylation sites is 1. The monoisotopic (exact) mass is 459 g/mol. The Bertz CT molecular complexity index is 1310. The highest BCUT2D eigenvalue weighted by atomic mass is 16.5. The topological polar surface area (TPSA) is 117 Å². The van der Waals surface area contributed by atoms with E-state index in [4.69, 9.17) is 9.72 Å². The van der Waals surface area contributed by atoms with E-state index < -0.39 is 0 Å². The first kappa shape index (κ1) is 22.1. The molecular weight excluding hydrogens is 430 g/mol. The van der Waals surface area contributed by atoms with Crippen molar-refractivity contribution in [2.24, 2.45) is 5.92 Å². The summed E-state index contributed by atoms with van der Waals surface area (Å²) in [5.74, 6) is 1.41. The molecule has 2 aromatic carbocycles. The number of amides is 1. The smallest absolute Gasteiger partial charge is 0.252 e. The lowest BCUT2D eigenvalue weighted by Crippen LogP contribution is -2.34. The molecule has 0 aliphatic carbocycles. The Morgan fingerprint density at radius 2 is 2.06 bits per heavy atom. The van der Waals surface area contributed by atoms with Crippen molar-refractivity contribution in [3.63, 3.8) is 0 Å². The van der Waals surface area contributed by atoms with E-state index in [-0.39, 0.29) is 12.0 Å². The summed E-state index contributed by atoms with van der Waals surface area (Å²) in [6.45, 7) is 6.64. The van der Waals surface area contributed by atoms with Crippen LogP contribution in [0, 0.1) is 5.92 Å². The van der Waals surface area contributed by atoms with Gasteiger partial charge in [-0.25, -0.2) is 9.97 Å². The summed E-state index contributed by atoms with van der Waals surface area (Å²) in [7, 11) is 0. The van der Waals surface area contributed by atoms with Crippen LogP contribution in [-0.2, 0) is 0 Å². The van der Waals surface area contributed by atoms with Crippen LogP contribution in [0.25, 0.3) is 21.8 Å². The average molecular weight is 460 g/mol. The fraction of sp³-hybridized carbons (Fsp3) is 0.360. The third-order valence-electron chi connectivity index (χ3n) is 5.88. The van der Waals surface area contributed by atoms with Crippen LogP contribution in [0.1, 0.15) is 37.0 Å². The lowest BCUT2D eigenvalue weighted by Gasteiger charge is -2.24. The molecule has 4 aromatic rings. The van der Waals surface area contributed by atoms with Crippen molar-refractivity contribution in [1.82, 2.24) is 30.8 Å². The minimum absolute atomic E-state index is 0.138. The maximum absolute atomic E-state index is 12.8. The number of ether oxygens (including phenoxy) is 1. The number of nitrogens with zero attached hydrogens (tertiary/aromatic N) is 3. The molecule has 0 bridgehead atoms. The highest BCUT2D eigenvalue weighted by Crippen LogP contribution is 2.28. The second-order valence-electron chi connectivity index (χ2n) is 9.04. The van der Waals surface area contributed by atoms with Crippen LogP contribution in [0.15, 0.2) is 42.7 Å². The molecule has 0 radical (unpaired) electrons. The third-order valence-corrected chi connectivity index (χ3v) is 5.88. The van der Waals surface area contributed by atoms with Crippen molar-refractivity contribution >= 4 is 39.3 Å². The van der Waals surface area contributed by atoms with Crippen molar-refractivity contribution in [3.05, 3.63) is 48.3 Å². The summed E-state index contributed by atoms with van der Waals surface area (Å²) in [5.41, 5.74) is 2.76. The van der Waals surface area contributed by atoms with Gasteiger partial charge >= 0.3 is 0 Å². The van der Waals surface area contributed by atoms with Crippen molar-refractivity contribution < 1.29 is 9.53 Å². The van der Waals surface area contributed by atoms with Crippen LogP contribution in [-0.4, -0.2) is 51.8 Å². The highest BCUT2D eigenvalue weighted by Gasteiger charge is 2.17. The van der Waals surface area contributed by atoms with Gasteiger partial charge in [0.2, 0.25) is 5.95 Å². The molecule has 2 aromatic heterocycles. The molecule has 1 saturated heterocycles. The molecule has 0 unspecified atom stereocenters. The van der Waals surface area contributed by atoms with Crippen LogP contribution in [0.4, 0.5) is 11.6 Å². The molecule has 1 fully saturated rings. The average Bonchev–Trinajstić information content (AvgIpc) is 3.32. The van der Waals surface area contributed by atoms with Gasteiger partial charge in [0.05, 0.1) is 17.3 Å². The van der Waals surface area contributed by atoms with Crippen LogP contribution in [0.2, 0.25) is 0 Å². The molecule has 0 atom stereocenters. The van der Waals surface area contributed by atoms with Crippen LogP contribution in [0.3, 0.4) is 0 Å².